The summed E-state index contributed by atoms with van der Waals surface area (Å²) in [5, 5.41) is 19.1. The minimum Gasteiger partial charge on any atom is -0.488 e. The van der Waals surface area contributed by atoms with E-state index in [4.69, 9.17) is 27.9 Å². The number of hydrogen-bond donors (Lipinski definition) is 2. The van der Waals surface area contributed by atoms with Crippen molar-refractivity contribution in [1.29, 1.82) is 0 Å². The Bertz CT molecular complexity index is 561. The molecule has 0 heterocycles. The molecule has 0 aromatic heterocycles. The zero-order valence-electron chi connectivity index (χ0n) is 9.88. The third kappa shape index (κ3) is 3.42. The Hall–Kier alpha value is -1.20. The smallest absolute Gasteiger partial charge is 0.488 e. The zero-order valence-corrected chi connectivity index (χ0v) is 11.4. The first-order chi connectivity index (χ1) is 9.09. The number of rotatable bonds is 4. The van der Waals surface area contributed by atoms with E-state index in [1.165, 1.54) is 12.1 Å². The molecule has 0 atom stereocenters. The molecule has 2 rings (SSSR count). The van der Waals surface area contributed by atoms with Crippen molar-refractivity contribution >= 4 is 35.8 Å². The van der Waals surface area contributed by atoms with Crippen LogP contribution in [0.15, 0.2) is 42.5 Å². The van der Waals surface area contributed by atoms with Crippen LogP contribution >= 0.6 is 23.2 Å². The molecule has 0 bridgehead atoms. The van der Waals surface area contributed by atoms with Crippen LogP contribution in [0.4, 0.5) is 0 Å². The quantitative estimate of drug-likeness (QED) is 0.851. The Morgan fingerprint density at radius 1 is 1.00 bits per heavy atom. The van der Waals surface area contributed by atoms with Gasteiger partial charge in [-0.05, 0) is 11.6 Å². The molecule has 2 aromatic rings. The summed E-state index contributed by atoms with van der Waals surface area (Å²) >= 11 is 11.9. The molecule has 0 spiro atoms. The Morgan fingerprint density at radius 2 is 1.68 bits per heavy atom. The minimum atomic E-state index is -1.67. The van der Waals surface area contributed by atoms with Gasteiger partial charge in [0, 0.05) is 5.46 Å². The lowest BCUT2D eigenvalue weighted by Gasteiger charge is -2.13. The van der Waals surface area contributed by atoms with Crippen molar-refractivity contribution in [2.75, 3.05) is 0 Å². The summed E-state index contributed by atoms with van der Waals surface area (Å²) in [6.45, 7) is 0.265. The van der Waals surface area contributed by atoms with Gasteiger partial charge >= 0.3 is 7.12 Å². The third-order valence-corrected chi connectivity index (χ3v) is 3.37. The van der Waals surface area contributed by atoms with Crippen LogP contribution in [0.1, 0.15) is 5.56 Å². The van der Waals surface area contributed by atoms with Gasteiger partial charge in [0.15, 0.2) is 0 Å². The first-order valence-corrected chi connectivity index (χ1v) is 6.36. The largest absolute Gasteiger partial charge is 0.492 e. The van der Waals surface area contributed by atoms with Gasteiger partial charge in [-0.1, -0.05) is 59.6 Å². The summed E-state index contributed by atoms with van der Waals surface area (Å²) in [6.07, 6.45) is 0. The first kappa shape index (κ1) is 14.2. The van der Waals surface area contributed by atoms with Crippen LogP contribution < -0.4 is 10.2 Å². The molecule has 0 saturated carbocycles. The van der Waals surface area contributed by atoms with Crippen molar-refractivity contribution in [2.45, 2.75) is 6.61 Å². The van der Waals surface area contributed by atoms with Gasteiger partial charge in [0.1, 0.15) is 17.4 Å². The van der Waals surface area contributed by atoms with Crippen LogP contribution in [-0.2, 0) is 6.61 Å². The van der Waals surface area contributed by atoms with Gasteiger partial charge in [-0.15, -0.1) is 0 Å². The van der Waals surface area contributed by atoms with E-state index in [1.54, 1.807) is 0 Å². The van der Waals surface area contributed by atoms with E-state index in [9.17, 15) is 10.0 Å². The molecule has 0 unspecified atom stereocenters. The summed E-state index contributed by atoms with van der Waals surface area (Å²) in [4.78, 5) is 0. The van der Waals surface area contributed by atoms with Crippen molar-refractivity contribution in [3.63, 3.8) is 0 Å². The maximum Gasteiger partial charge on any atom is 0.492 e. The molecule has 19 heavy (non-hydrogen) atoms. The Labute approximate surface area is 121 Å². The maximum atomic E-state index is 9.29. The molecule has 0 amide bonds. The highest BCUT2D eigenvalue weighted by Crippen LogP contribution is 2.30. The molecule has 0 aliphatic carbocycles. The fourth-order valence-electron chi connectivity index (χ4n) is 1.63. The van der Waals surface area contributed by atoms with Gasteiger partial charge in [-0.2, -0.15) is 0 Å². The highest BCUT2D eigenvalue weighted by molar-refractivity contribution is 6.61. The molecule has 98 valence electrons. The van der Waals surface area contributed by atoms with Crippen molar-refractivity contribution < 1.29 is 14.8 Å². The fraction of sp³-hybridized carbons (Fsp3) is 0.0769. The van der Waals surface area contributed by atoms with E-state index in [0.717, 1.165) is 5.56 Å². The highest BCUT2D eigenvalue weighted by atomic mass is 35.5. The minimum absolute atomic E-state index is 0.170. The zero-order chi connectivity index (χ0) is 13.8. The summed E-state index contributed by atoms with van der Waals surface area (Å²) < 4.78 is 5.56. The third-order valence-electron chi connectivity index (χ3n) is 2.58. The molecule has 0 radical (unpaired) electrons. The second-order valence-electron chi connectivity index (χ2n) is 3.93. The van der Waals surface area contributed by atoms with Gasteiger partial charge in [-0.3, -0.25) is 0 Å². The predicted molar refractivity (Wildman–Crippen MR) is 77.1 cm³/mol. The van der Waals surface area contributed by atoms with Crippen molar-refractivity contribution in [2.24, 2.45) is 0 Å². The number of ether oxygens (including phenoxy) is 1. The van der Waals surface area contributed by atoms with E-state index < -0.39 is 7.12 Å². The van der Waals surface area contributed by atoms with Crippen molar-refractivity contribution in [3.8, 4) is 5.75 Å². The summed E-state index contributed by atoms with van der Waals surface area (Å²) in [7, 11) is -1.67. The maximum absolute atomic E-state index is 9.29. The van der Waals surface area contributed by atoms with Gasteiger partial charge in [0.05, 0.1) is 5.02 Å². The molecule has 2 N–H and O–H groups in total. The molecular formula is C13H11BCl2O3. The molecule has 3 nitrogen and oxygen atoms in total. The Kier molecular flexibility index (Phi) is 4.72. The lowest BCUT2D eigenvalue weighted by molar-refractivity contribution is 0.307. The van der Waals surface area contributed by atoms with Gasteiger partial charge in [0.25, 0.3) is 0 Å². The van der Waals surface area contributed by atoms with E-state index in [0.29, 0.717) is 5.02 Å². The van der Waals surface area contributed by atoms with Crippen LogP contribution in [0, 0.1) is 0 Å². The van der Waals surface area contributed by atoms with Crippen LogP contribution in [0.5, 0.6) is 5.75 Å². The topological polar surface area (TPSA) is 49.7 Å². The summed E-state index contributed by atoms with van der Waals surface area (Å²) in [5.41, 5.74) is 1.13. The standard InChI is InChI=1S/C13H11BCl2O3/c15-11-7-6-10(14(17)18)13(12(11)16)19-8-9-4-2-1-3-5-9/h1-7,17-18H,8H2. The van der Waals surface area contributed by atoms with Crippen LogP contribution in [0.25, 0.3) is 0 Å². The summed E-state index contributed by atoms with van der Waals surface area (Å²) in [5.74, 6) is 0.188. The fourth-order valence-corrected chi connectivity index (χ4v) is 2.00. The first-order valence-electron chi connectivity index (χ1n) is 5.60. The van der Waals surface area contributed by atoms with Gasteiger partial charge in [-0.25, -0.2) is 0 Å². The number of benzene rings is 2. The van der Waals surface area contributed by atoms with Crippen molar-refractivity contribution in [1.82, 2.24) is 0 Å². The number of halogens is 2. The van der Waals surface area contributed by atoms with Crippen LogP contribution in [0.3, 0.4) is 0 Å². The van der Waals surface area contributed by atoms with E-state index in [1.807, 2.05) is 30.3 Å². The second kappa shape index (κ2) is 6.30. The monoisotopic (exact) mass is 296 g/mol. The molecular weight excluding hydrogens is 286 g/mol. The summed E-state index contributed by atoms with van der Waals surface area (Å²) in [6, 6.07) is 12.4. The Morgan fingerprint density at radius 3 is 2.32 bits per heavy atom. The normalized spacial score (nSPS) is 10.3. The molecule has 0 saturated heterocycles. The average molecular weight is 297 g/mol. The predicted octanol–water partition coefficient (Wildman–Crippen LogP) is 2.25. The van der Waals surface area contributed by atoms with Gasteiger partial charge < -0.3 is 14.8 Å². The highest BCUT2D eigenvalue weighted by Gasteiger charge is 2.21. The van der Waals surface area contributed by atoms with Gasteiger partial charge in [0.2, 0.25) is 0 Å². The van der Waals surface area contributed by atoms with Crippen LogP contribution in [-0.4, -0.2) is 17.2 Å². The molecule has 0 aliphatic rings. The lowest BCUT2D eigenvalue weighted by Crippen LogP contribution is -2.31. The van der Waals surface area contributed by atoms with E-state index in [2.05, 4.69) is 0 Å². The average Bonchev–Trinajstić information content (AvgIpc) is 2.41. The van der Waals surface area contributed by atoms with E-state index in [-0.39, 0.29) is 22.8 Å². The molecule has 6 heteroatoms. The second-order valence-corrected chi connectivity index (χ2v) is 4.71. The molecule has 0 fully saturated rings. The number of hydrogen-bond acceptors (Lipinski definition) is 3. The molecule has 0 aliphatic heterocycles. The molecule has 2 aromatic carbocycles. The van der Waals surface area contributed by atoms with Crippen molar-refractivity contribution in [3.05, 3.63) is 58.1 Å². The Balaban J connectivity index is 2.26. The van der Waals surface area contributed by atoms with E-state index >= 15 is 0 Å². The SMILES string of the molecule is OB(O)c1ccc(Cl)c(Cl)c1OCc1ccccc1. The van der Waals surface area contributed by atoms with Crippen LogP contribution in [0.2, 0.25) is 10.0 Å². The lowest BCUT2D eigenvalue weighted by atomic mass is 9.79.